The lowest BCUT2D eigenvalue weighted by Gasteiger charge is -2.24. The third kappa shape index (κ3) is 2.49. The SMILES string of the molecule is CNc1ccnc2c1ncn2[C@H]1[C@H](O)[C@H](O)[C@]2(COP(=O)(O)O)C[C@H]12. The Balaban J connectivity index is 1.68. The Labute approximate surface area is 142 Å². The Morgan fingerprint density at radius 1 is 1.44 bits per heavy atom. The number of phosphoric acid groups is 1. The molecule has 2 aliphatic carbocycles. The molecule has 0 aromatic carbocycles. The van der Waals surface area contributed by atoms with Gasteiger partial charge in [0, 0.05) is 18.7 Å². The number of aliphatic hydroxyl groups excluding tert-OH is 2. The molecule has 2 fully saturated rings. The van der Waals surface area contributed by atoms with Crippen molar-refractivity contribution in [3.05, 3.63) is 18.6 Å². The molecule has 25 heavy (non-hydrogen) atoms. The highest BCUT2D eigenvalue weighted by Gasteiger charge is 2.72. The van der Waals surface area contributed by atoms with Gasteiger partial charge in [-0.3, -0.25) is 4.52 Å². The Bertz CT molecular complexity index is 868. The predicted octanol–water partition coefficient (Wildman–Crippen LogP) is -0.135. The third-order valence-corrected chi connectivity index (χ3v) is 5.87. The van der Waals surface area contributed by atoms with Crippen molar-refractivity contribution in [2.45, 2.75) is 24.7 Å². The van der Waals surface area contributed by atoms with Crippen molar-refractivity contribution < 1.29 is 29.1 Å². The lowest BCUT2D eigenvalue weighted by atomic mass is 10.0. The van der Waals surface area contributed by atoms with Crippen LogP contribution >= 0.6 is 7.82 Å². The van der Waals surface area contributed by atoms with E-state index in [4.69, 9.17) is 9.79 Å². The first-order valence-corrected chi connectivity index (χ1v) is 9.37. The first-order valence-electron chi connectivity index (χ1n) is 7.84. The van der Waals surface area contributed by atoms with E-state index in [1.165, 1.54) is 0 Å². The highest BCUT2D eigenvalue weighted by molar-refractivity contribution is 7.46. The van der Waals surface area contributed by atoms with Crippen molar-refractivity contribution in [1.29, 1.82) is 0 Å². The molecule has 0 amide bonds. The van der Waals surface area contributed by atoms with Crippen LogP contribution < -0.4 is 5.32 Å². The van der Waals surface area contributed by atoms with Crippen molar-refractivity contribution in [2.75, 3.05) is 19.0 Å². The number of anilines is 1. The zero-order valence-corrected chi connectivity index (χ0v) is 14.2. The lowest BCUT2D eigenvalue weighted by Crippen LogP contribution is -2.35. The summed E-state index contributed by atoms with van der Waals surface area (Å²) in [4.78, 5) is 26.5. The van der Waals surface area contributed by atoms with Gasteiger partial charge in [-0.2, -0.15) is 0 Å². The van der Waals surface area contributed by atoms with Gasteiger partial charge in [0.05, 0.1) is 30.8 Å². The second-order valence-corrected chi connectivity index (χ2v) is 7.91. The van der Waals surface area contributed by atoms with Crippen molar-refractivity contribution in [3.8, 4) is 0 Å². The van der Waals surface area contributed by atoms with Gasteiger partial charge >= 0.3 is 7.82 Å². The Morgan fingerprint density at radius 2 is 2.20 bits per heavy atom. The predicted molar refractivity (Wildman–Crippen MR) is 86.7 cm³/mol. The number of aromatic nitrogens is 3. The summed E-state index contributed by atoms with van der Waals surface area (Å²) in [6, 6.07) is 1.30. The summed E-state index contributed by atoms with van der Waals surface area (Å²) in [5.74, 6) is -0.179. The summed E-state index contributed by atoms with van der Waals surface area (Å²) in [7, 11) is -2.87. The number of hydrogen-bond acceptors (Lipinski definition) is 7. The van der Waals surface area contributed by atoms with Gasteiger partial charge in [-0.05, 0) is 18.4 Å². The molecular weight excluding hydrogens is 351 g/mol. The van der Waals surface area contributed by atoms with E-state index in [0.717, 1.165) is 5.69 Å². The molecule has 0 aliphatic heterocycles. The standard InChI is InChI=1S/C14H19N4O6P/c1-15-8-2-3-16-13-9(8)17-6-18(13)10-7-4-14(7,12(20)11(10)19)5-24-25(21,22)23/h2-3,6-7,10-12,19-20H,4-5H2,1H3,(H,15,16)(H2,21,22,23)/t7-,10-,11+,12+,14+/m1/s1. The maximum Gasteiger partial charge on any atom is 0.469 e. The smallest absolute Gasteiger partial charge is 0.390 e. The highest BCUT2D eigenvalue weighted by atomic mass is 31.2. The number of nitrogens with zero attached hydrogens (tertiary/aromatic N) is 3. The van der Waals surface area contributed by atoms with Crippen molar-refractivity contribution >= 4 is 24.7 Å². The van der Waals surface area contributed by atoms with Gasteiger partial charge in [0.25, 0.3) is 0 Å². The molecule has 5 N–H and O–H groups in total. The van der Waals surface area contributed by atoms with Crippen LogP contribution in [0.25, 0.3) is 11.2 Å². The summed E-state index contributed by atoms with van der Waals surface area (Å²) < 4.78 is 17.3. The molecule has 10 nitrogen and oxygen atoms in total. The van der Waals surface area contributed by atoms with E-state index in [1.54, 1.807) is 30.2 Å². The minimum Gasteiger partial charge on any atom is -0.390 e. The molecule has 4 rings (SSSR count). The fourth-order valence-electron chi connectivity index (χ4n) is 4.08. The molecule has 0 unspecified atom stereocenters. The first-order chi connectivity index (χ1) is 11.8. The quantitative estimate of drug-likeness (QED) is 0.453. The number of fused-ring (bicyclic) bond motifs is 2. The van der Waals surface area contributed by atoms with Crippen LogP contribution in [0.1, 0.15) is 12.5 Å². The van der Waals surface area contributed by atoms with Gasteiger partial charge in [-0.1, -0.05) is 0 Å². The zero-order valence-electron chi connectivity index (χ0n) is 13.3. The molecule has 0 spiro atoms. The Morgan fingerprint density at radius 3 is 2.88 bits per heavy atom. The largest absolute Gasteiger partial charge is 0.469 e. The molecule has 0 bridgehead atoms. The topological polar surface area (TPSA) is 150 Å². The van der Waals surface area contributed by atoms with E-state index in [2.05, 4.69) is 19.8 Å². The molecular formula is C14H19N4O6P. The number of nitrogens with one attached hydrogen (secondary N) is 1. The van der Waals surface area contributed by atoms with E-state index in [9.17, 15) is 14.8 Å². The molecule has 5 atom stereocenters. The molecule has 2 aliphatic rings. The van der Waals surface area contributed by atoms with Gasteiger partial charge in [0.15, 0.2) is 5.65 Å². The maximum absolute atomic E-state index is 11.0. The van der Waals surface area contributed by atoms with Gasteiger partial charge in [-0.25, -0.2) is 14.5 Å². The number of imidazole rings is 1. The molecule has 0 saturated heterocycles. The molecule has 2 aromatic rings. The van der Waals surface area contributed by atoms with Crippen LogP contribution in [0.15, 0.2) is 18.6 Å². The molecule has 11 heteroatoms. The summed E-state index contributed by atoms with van der Waals surface area (Å²) in [5, 5.41) is 24.0. The Hall–Kier alpha value is -1.55. The van der Waals surface area contributed by atoms with Gasteiger partial charge < -0.3 is 29.9 Å². The van der Waals surface area contributed by atoms with E-state index < -0.39 is 31.5 Å². The van der Waals surface area contributed by atoms with Crippen LogP contribution in [-0.4, -0.2) is 60.4 Å². The normalized spacial score (nSPS) is 34.3. The first kappa shape index (κ1) is 16.9. The maximum atomic E-state index is 11.0. The fraction of sp³-hybridized carbons (Fsp3) is 0.571. The number of pyridine rings is 1. The Kier molecular flexibility index (Phi) is 3.70. The van der Waals surface area contributed by atoms with Gasteiger partial charge in [0.1, 0.15) is 11.6 Å². The number of aliphatic hydroxyl groups is 2. The molecule has 2 heterocycles. The van der Waals surface area contributed by atoms with Crippen LogP contribution in [0.5, 0.6) is 0 Å². The number of phosphoric ester groups is 1. The van der Waals surface area contributed by atoms with E-state index >= 15 is 0 Å². The van der Waals surface area contributed by atoms with Crippen LogP contribution in [0.4, 0.5) is 5.69 Å². The number of rotatable bonds is 5. The summed E-state index contributed by atoms with van der Waals surface area (Å²) in [6.07, 6.45) is 1.45. The van der Waals surface area contributed by atoms with E-state index in [1.807, 2.05) is 0 Å². The second kappa shape index (κ2) is 5.47. The zero-order chi connectivity index (χ0) is 18.0. The molecule has 2 aromatic heterocycles. The van der Waals surface area contributed by atoms with Gasteiger partial charge in [0.2, 0.25) is 0 Å². The molecule has 136 valence electrons. The lowest BCUT2D eigenvalue weighted by molar-refractivity contribution is -0.0297. The molecule has 2 saturated carbocycles. The average Bonchev–Trinajstić information content (AvgIpc) is 3.07. The monoisotopic (exact) mass is 370 g/mol. The highest BCUT2D eigenvalue weighted by Crippen LogP contribution is 2.68. The average molecular weight is 370 g/mol. The van der Waals surface area contributed by atoms with Gasteiger partial charge in [-0.15, -0.1) is 0 Å². The second-order valence-electron chi connectivity index (χ2n) is 6.67. The summed E-state index contributed by atoms with van der Waals surface area (Å²) >= 11 is 0. The summed E-state index contributed by atoms with van der Waals surface area (Å²) in [6.45, 7) is -0.307. The fourth-order valence-corrected chi connectivity index (χ4v) is 4.49. The van der Waals surface area contributed by atoms with E-state index in [-0.39, 0.29) is 12.5 Å². The van der Waals surface area contributed by atoms with E-state index in [0.29, 0.717) is 17.6 Å². The van der Waals surface area contributed by atoms with Crippen LogP contribution in [0, 0.1) is 11.3 Å². The van der Waals surface area contributed by atoms with Crippen LogP contribution in [0.3, 0.4) is 0 Å². The van der Waals surface area contributed by atoms with Crippen molar-refractivity contribution in [1.82, 2.24) is 14.5 Å². The minimum atomic E-state index is -4.64. The van der Waals surface area contributed by atoms with Crippen molar-refractivity contribution in [3.63, 3.8) is 0 Å². The molecule has 0 radical (unpaired) electrons. The minimum absolute atomic E-state index is 0.179. The van der Waals surface area contributed by atoms with Crippen LogP contribution in [-0.2, 0) is 9.09 Å². The third-order valence-electron chi connectivity index (χ3n) is 5.41. The van der Waals surface area contributed by atoms with Crippen molar-refractivity contribution in [2.24, 2.45) is 11.3 Å². The van der Waals surface area contributed by atoms with Crippen LogP contribution in [0.2, 0.25) is 0 Å². The summed E-state index contributed by atoms with van der Waals surface area (Å²) in [5.41, 5.74) is 1.16. The number of hydrogen-bond donors (Lipinski definition) is 5.